The number of anilines is 1. The number of ether oxygens (including phenoxy) is 1. The van der Waals surface area contributed by atoms with Gasteiger partial charge in [-0.3, -0.25) is 0 Å². The molecule has 0 radical (unpaired) electrons. The minimum atomic E-state index is -0.126. The number of rotatable bonds is 3. The van der Waals surface area contributed by atoms with Gasteiger partial charge >= 0.3 is 0 Å². The van der Waals surface area contributed by atoms with Gasteiger partial charge < -0.3 is 20.5 Å². The van der Waals surface area contributed by atoms with Gasteiger partial charge in [0.15, 0.2) is 0 Å². The van der Waals surface area contributed by atoms with Crippen molar-refractivity contribution in [1.82, 2.24) is 0 Å². The number of aliphatic hydroxyl groups is 1. The van der Waals surface area contributed by atoms with E-state index in [1.54, 1.807) is 0 Å². The van der Waals surface area contributed by atoms with E-state index >= 15 is 0 Å². The number of benzene rings is 1. The molecule has 1 aromatic carbocycles. The lowest BCUT2D eigenvalue weighted by Gasteiger charge is -2.37. The first-order chi connectivity index (χ1) is 9.01. The van der Waals surface area contributed by atoms with E-state index in [2.05, 4.69) is 11.0 Å². The van der Waals surface area contributed by atoms with Crippen LogP contribution < -0.4 is 10.6 Å². The van der Waals surface area contributed by atoms with Crippen LogP contribution in [0, 0.1) is 6.92 Å². The zero-order valence-electron chi connectivity index (χ0n) is 11.3. The predicted molar refractivity (Wildman–Crippen MR) is 80.7 cm³/mol. The van der Waals surface area contributed by atoms with Crippen molar-refractivity contribution < 1.29 is 9.84 Å². The topological polar surface area (TPSA) is 58.7 Å². The van der Waals surface area contributed by atoms with Crippen molar-refractivity contribution in [3.63, 3.8) is 0 Å². The van der Waals surface area contributed by atoms with Crippen LogP contribution in [-0.2, 0) is 4.74 Å². The number of aliphatic hydroxyl groups excluding tert-OH is 1. The van der Waals surface area contributed by atoms with E-state index in [1.807, 2.05) is 26.0 Å². The van der Waals surface area contributed by atoms with Crippen molar-refractivity contribution in [2.75, 3.05) is 24.6 Å². The first-order valence-electron chi connectivity index (χ1n) is 6.43. The molecule has 1 fully saturated rings. The van der Waals surface area contributed by atoms with Crippen molar-refractivity contribution in [3.05, 3.63) is 29.3 Å². The van der Waals surface area contributed by atoms with E-state index in [4.69, 9.17) is 22.7 Å². The molecule has 0 amide bonds. The van der Waals surface area contributed by atoms with Gasteiger partial charge in [0.1, 0.15) is 4.99 Å². The molecule has 19 heavy (non-hydrogen) atoms. The number of morpholine rings is 1. The molecule has 104 valence electrons. The molecule has 0 bridgehead atoms. The van der Waals surface area contributed by atoms with Crippen LogP contribution in [0.3, 0.4) is 0 Å². The van der Waals surface area contributed by atoms with Crippen molar-refractivity contribution in [3.8, 4) is 0 Å². The summed E-state index contributed by atoms with van der Waals surface area (Å²) in [7, 11) is 0. The third kappa shape index (κ3) is 3.23. The summed E-state index contributed by atoms with van der Waals surface area (Å²) in [5, 5.41) is 9.26. The smallest absolute Gasteiger partial charge is 0.104 e. The van der Waals surface area contributed by atoms with Crippen LogP contribution in [0.2, 0.25) is 0 Å². The number of hydrogen-bond donors (Lipinski definition) is 2. The summed E-state index contributed by atoms with van der Waals surface area (Å²) in [6, 6.07) is 6.07. The maximum atomic E-state index is 9.26. The summed E-state index contributed by atoms with van der Waals surface area (Å²) in [5.74, 6) is 0. The molecule has 1 heterocycles. The van der Waals surface area contributed by atoms with Gasteiger partial charge in [0.25, 0.3) is 0 Å². The molecule has 0 aromatic heterocycles. The molecule has 0 aliphatic carbocycles. The van der Waals surface area contributed by atoms with Gasteiger partial charge in [-0.2, -0.15) is 0 Å². The first-order valence-corrected chi connectivity index (χ1v) is 6.83. The number of nitrogens with zero attached hydrogens (tertiary/aromatic N) is 1. The van der Waals surface area contributed by atoms with Gasteiger partial charge in [0.05, 0.1) is 18.8 Å². The highest BCUT2D eigenvalue weighted by Gasteiger charge is 2.25. The Kier molecular flexibility index (Phi) is 4.39. The Labute approximate surface area is 119 Å². The molecule has 3 N–H and O–H groups in total. The van der Waals surface area contributed by atoms with E-state index in [0.717, 1.165) is 23.4 Å². The molecule has 1 saturated heterocycles. The molecule has 0 saturated carbocycles. The molecular weight excluding hydrogens is 260 g/mol. The van der Waals surface area contributed by atoms with Gasteiger partial charge in [-0.1, -0.05) is 12.2 Å². The SMILES string of the molecule is Cc1cc(N2CC(C)OC(CO)C2)ccc1C(N)=S. The van der Waals surface area contributed by atoms with E-state index in [0.29, 0.717) is 11.5 Å². The second kappa shape index (κ2) is 5.86. The molecule has 1 aromatic rings. The Bertz CT molecular complexity index is 479. The Balaban J connectivity index is 2.21. The minimum absolute atomic E-state index is 0.0464. The highest BCUT2D eigenvalue weighted by atomic mass is 32.1. The molecule has 0 spiro atoms. The van der Waals surface area contributed by atoms with E-state index in [-0.39, 0.29) is 18.8 Å². The summed E-state index contributed by atoms with van der Waals surface area (Å²) >= 11 is 5.02. The van der Waals surface area contributed by atoms with Crippen LogP contribution in [0.5, 0.6) is 0 Å². The Morgan fingerprint density at radius 3 is 2.84 bits per heavy atom. The molecule has 2 rings (SSSR count). The number of nitrogens with two attached hydrogens (primary N) is 1. The van der Waals surface area contributed by atoms with Crippen molar-refractivity contribution >= 4 is 22.9 Å². The van der Waals surface area contributed by atoms with Crippen LogP contribution in [0.4, 0.5) is 5.69 Å². The maximum absolute atomic E-state index is 9.26. The van der Waals surface area contributed by atoms with E-state index in [9.17, 15) is 5.11 Å². The standard InChI is InChI=1S/C14H20N2O2S/c1-9-5-11(3-4-13(9)14(15)19)16-6-10(2)18-12(7-16)8-17/h3-5,10,12,17H,6-8H2,1-2H3,(H2,15,19). The van der Waals surface area contributed by atoms with Gasteiger partial charge in [-0.25, -0.2) is 0 Å². The fraction of sp³-hybridized carbons (Fsp3) is 0.500. The maximum Gasteiger partial charge on any atom is 0.104 e. The number of thiocarbonyl (C=S) groups is 1. The molecule has 5 heteroatoms. The predicted octanol–water partition coefficient (Wildman–Crippen LogP) is 1.22. The highest BCUT2D eigenvalue weighted by Crippen LogP contribution is 2.23. The van der Waals surface area contributed by atoms with E-state index < -0.39 is 0 Å². The van der Waals surface area contributed by atoms with Crippen LogP contribution in [0.25, 0.3) is 0 Å². The largest absolute Gasteiger partial charge is 0.394 e. The van der Waals surface area contributed by atoms with Crippen molar-refractivity contribution in [2.24, 2.45) is 5.73 Å². The summed E-state index contributed by atoms with van der Waals surface area (Å²) in [5.41, 5.74) is 8.78. The normalized spacial score (nSPS) is 23.4. The second-order valence-corrected chi connectivity index (χ2v) is 5.46. The second-order valence-electron chi connectivity index (χ2n) is 5.02. The summed E-state index contributed by atoms with van der Waals surface area (Å²) in [6.45, 7) is 5.59. The molecule has 1 aliphatic heterocycles. The summed E-state index contributed by atoms with van der Waals surface area (Å²) in [4.78, 5) is 2.65. The lowest BCUT2D eigenvalue weighted by molar-refractivity contribution is -0.0421. The van der Waals surface area contributed by atoms with Gasteiger partial charge in [-0.05, 0) is 37.6 Å². The van der Waals surface area contributed by atoms with Crippen LogP contribution in [0.1, 0.15) is 18.1 Å². The fourth-order valence-electron chi connectivity index (χ4n) is 2.48. The van der Waals surface area contributed by atoms with Crippen LogP contribution >= 0.6 is 12.2 Å². The number of hydrogen-bond acceptors (Lipinski definition) is 4. The first kappa shape index (κ1) is 14.2. The van der Waals surface area contributed by atoms with Crippen molar-refractivity contribution in [2.45, 2.75) is 26.1 Å². The molecule has 2 unspecified atom stereocenters. The lowest BCUT2D eigenvalue weighted by atomic mass is 10.1. The quantitative estimate of drug-likeness (QED) is 0.815. The average Bonchev–Trinajstić information content (AvgIpc) is 2.37. The highest BCUT2D eigenvalue weighted by molar-refractivity contribution is 7.80. The zero-order valence-corrected chi connectivity index (χ0v) is 12.1. The van der Waals surface area contributed by atoms with Crippen LogP contribution in [-0.4, -0.2) is 42.0 Å². The van der Waals surface area contributed by atoms with E-state index in [1.165, 1.54) is 0 Å². The van der Waals surface area contributed by atoms with Gasteiger partial charge in [0, 0.05) is 24.3 Å². The molecular formula is C14H20N2O2S. The average molecular weight is 280 g/mol. The monoisotopic (exact) mass is 280 g/mol. The molecule has 4 nitrogen and oxygen atoms in total. The number of aryl methyl sites for hydroxylation is 1. The summed E-state index contributed by atoms with van der Waals surface area (Å²) in [6.07, 6.45) is -0.0132. The lowest BCUT2D eigenvalue weighted by Crippen LogP contribution is -2.48. The molecule has 1 aliphatic rings. The Morgan fingerprint density at radius 2 is 2.26 bits per heavy atom. The Hall–Kier alpha value is -1.17. The van der Waals surface area contributed by atoms with Gasteiger partial charge in [-0.15, -0.1) is 0 Å². The third-order valence-corrected chi connectivity index (χ3v) is 3.59. The van der Waals surface area contributed by atoms with Crippen LogP contribution in [0.15, 0.2) is 18.2 Å². The molecule has 2 atom stereocenters. The van der Waals surface area contributed by atoms with Gasteiger partial charge in [0.2, 0.25) is 0 Å². The zero-order chi connectivity index (χ0) is 14.0. The fourth-order valence-corrected chi connectivity index (χ4v) is 2.71. The minimum Gasteiger partial charge on any atom is -0.394 e. The summed E-state index contributed by atoms with van der Waals surface area (Å²) < 4.78 is 5.65. The van der Waals surface area contributed by atoms with Crippen molar-refractivity contribution in [1.29, 1.82) is 0 Å². The third-order valence-electron chi connectivity index (χ3n) is 3.37. The Morgan fingerprint density at radius 1 is 1.53 bits per heavy atom.